The molecule has 0 aliphatic carbocycles. The van der Waals surface area contributed by atoms with Crippen LogP contribution in [0.3, 0.4) is 0 Å². The van der Waals surface area contributed by atoms with Crippen molar-refractivity contribution in [2.45, 2.75) is 45.4 Å². The summed E-state index contributed by atoms with van der Waals surface area (Å²) in [7, 11) is 4.07. The molecular formula is C13H27N3O2. The van der Waals surface area contributed by atoms with E-state index in [9.17, 15) is 9.90 Å². The fourth-order valence-corrected chi connectivity index (χ4v) is 2.38. The maximum atomic E-state index is 12.0. The van der Waals surface area contributed by atoms with Crippen LogP contribution in [-0.4, -0.2) is 61.3 Å². The molecule has 3 N–H and O–H groups in total. The highest BCUT2D eigenvalue weighted by Crippen LogP contribution is 2.21. The lowest BCUT2D eigenvalue weighted by molar-refractivity contribution is -0.124. The highest BCUT2D eigenvalue weighted by atomic mass is 16.3. The van der Waals surface area contributed by atoms with Gasteiger partial charge in [0.2, 0.25) is 5.91 Å². The lowest BCUT2D eigenvalue weighted by Gasteiger charge is -2.35. The van der Waals surface area contributed by atoms with E-state index in [1.54, 1.807) is 0 Å². The van der Waals surface area contributed by atoms with Crippen molar-refractivity contribution in [2.24, 2.45) is 5.41 Å². The number of aliphatic hydroxyl groups is 1. The maximum Gasteiger partial charge on any atom is 0.237 e. The highest BCUT2D eigenvalue weighted by Gasteiger charge is 2.32. The molecule has 1 heterocycles. The Labute approximate surface area is 110 Å². The SMILES string of the molecule is C[C@H](NC(=O)[C@@H]1C[C@@H](O)CN1)C(C)(C)CN(C)C. The van der Waals surface area contributed by atoms with Crippen molar-refractivity contribution in [3.05, 3.63) is 0 Å². The van der Waals surface area contributed by atoms with Gasteiger partial charge in [-0.25, -0.2) is 0 Å². The van der Waals surface area contributed by atoms with E-state index in [1.807, 2.05) is 21.0 Å². The molecule has 3 atom stereocenters. The first-order valence-electron chi connectivity index (χ1n) is 6.59. The average molecular weight is 257 g/mol. The molecule has 0 saturated carbocycles. The zero-order valence-electron chi connectivity index (χ0n) is 12.2. The van der Waals surface area contributed by atoms with Crippen LogP contribution < -0.4 is 10.6 Å². The summed E-state index contributed by atoms with van der Waals surface area (Å²) in [5, 5.41) is 15.5. The van der Waals surface area contributed by atoms with E-state index >= 15 is 0 Å². The van der Waals surface area contributed by atoms with Gasteiger partial charge in [-0.1, -0.05) is 13.8 Å². The number of carbonyl (C=O) groups excluding carboxylic acids is 1. The minimum atomic E-state index is -0.397. The molecule has 1 aliphatic heterocycles. The van der Waals surface area contributed by atoms with E-state index in [-0.39, 0.29) is 23.4 Å². The monoisotopic (exact) mass is 257 g/mol. The Kier molecular flexibility index (Phi) is 5.13. The molecule has 5 heteroatoms. The van der Waals surface area contributed by atoms with Crippen LogP contribution in [-0.2, 0) is 4.79 Å². The summed E-state index contributed by atoms with van der Waals surface area (Å²) < 4.78 is 0. The van der Waals surface area contributed by atoms with Crippen LogP contribution in [0, 0.1) is 5.41 Å². The maximum absolute atomic E-state index is 12.0. The minimum Gasteiger partial charge on any atom is -0.392 e. The molecule has 1 fully saturated rings. The molecule has 0 aromatic heterocycles. The normalized spacial score (nSPS) is 26.4. The fraction of sp³-hybridized carbons (Fsp3) is 0.923. The number of aliphatic hydroxyl groups excluding tert-OH is 1. The van der Waals surface area contributed by atoms with E-state index in [1.165, 1.54) is 0 Å². The Hall–Kier alpha value is -0.650. The van der Waals surface area contributed by atoms with E-state index in [0.29, 0.717) is 13.0 Å². The molecule has 1 amide bonds. The van der Waals surface area contributed by atoms with Crippen LogP contribution in [0.15, 0.2) is 0 Å². The Bertz CT molecular complexity index is 292. The molecule has 18 heavy (non-hydrogen) atoms. The second-order valence-corrected chi connectivity index (χ2v) is 6.31. The molecule has 0 bridgehead atoms. The van der Waals surface area contributed by atoms with Gasteiger partial charge in [-0.2, -0.15) is 0 Å². The third-order valence-electron chi connectivity index (χ3n) is 3.68. The third-order valence-corrected chi connectivity index (χ3v) is 3.68. The molecule has 0 spiro atoms. The number of amides is 1. The zero-order valence-corrected chi connectivity index (χ0v) is 12.2. The van der Waals surface area contributed by atoms with Crippen LogP contribution in [0.25, 0.3) is 0 Å². The van der Waals surface area contributed by atoms with Gasteiger partial charge in [-0.05, 0) is 32.9 Å². The summed E-state index contributed by atoms with van der Waals surface area (Å²) in [6, 6.07) is -0.162. The van der Waals surface area contributed by atoms with E-state index in [0.717, 1.165) is 6.54 Å². The first-order valence-corrected chi connectivity index (χ1v) is 6.59. The number of rotatable bonds is 5. The molecule has 1 aliphatic rings. The predicted molar refractivity (Wildman–Crippen MR) is 72.4 cm³/mol. The predicted octanol–water partition coefficient (Wildman–Crippen LogP) is -0.198. The molecule has 0 unspecified atom stereocenters. The van der Waals surface area contributed by atoms with Crippen molar-refractivity contribution in [2.75, 3.05) is 27.2 Å². The second-order valence-electron chi connectivity index (χ2n) is 6.31. The van der Waals surface area contributed by atoms with Gasteiger partial charge in [0.15, 0.2) is 0 Å². The Morgan fingerprint density at radius 3 is 2.61 bits per heavy atom. The fourth-order valence-electron chi connectivity index (χ4n) is 2.38. The van der Waals surface area contributed by atoms with E-state index < -0.39 is 6.10 Å². The van der Waals surface area contributed by atoms with Crippen molar-refractivity contribution in [3.8, 4) is 0 Å². The summed E-state index contributed by atoms with van der Waals surface area (Å²) in [6.45, 7) is 7.75. The summed E-state index contributed by atoms with van der Waals surface area (Å²) >= 11 is 0. The molecule has 0 radical (unpaired) electrons. The lowest BCUT2D eigenvalue weighted by atomic mass is 9.84. The zero-order chi connectivity index (χ0) is 13.9. The summed E-state index contributed by atoms with van der Waals surface area (Å²) in [5.41, 5.74) is 0.0103. The standard InChI is InChI=1S/C13H27N3O2/c1-9(13(2,3)8-16(4)5)15-12(18)11-6-10(17)7-14-11/h9-11,14,17H,6-8H2,1-5H3,(H,15,18)/t9-,10+,11-/m0/s1. The number of nitrogens with zero attached hydrogens (tertiary/aromatic N) is 1. The minimum absolute atomic E-state index is 0.00844. The molecule has 1 rings (SSSR count). The number of hydrogen-bond donors (Lipinski definition) is 3. The molecule has 106 valence electrons. The highest BCUT2D eigenvalue weighted by molar-refractivity contribution is 5.82. The number of β-amino-alcohol motifs (C(OH)–C–C–N with tert-alkyl or cyclic N) is 1. The number of hydrogen-bond acceptors (Lipinski definition) is 4. The van der Waals surface area contributed by atoms with Gasteiger partial charge in [0.05, 0.1) is 12.1 Å². The largest absolute Gasteiger partial charge is 0.392 e. The second kappa shape index (κ2) is 5.99. The Morgan fingerprint density at radius 2 is 2.17 bits per heavy atom. The van der Waals surface area contributed by atoms with Crippen molar-refractivity contribution in [1.82, 2.24) is 15.5 Å². The van der Waals surface area contributed by atoms with E-state index in [4.69, 9.17) is 0 Å². The van der Waals surface area contributed by atoms with E-state index in [2.05, 4.69) is 29.4 Å². The smallest absolute Gasteiger partial charge is 0.237 e. The summed E-state index contributed by atoms with van der Waals surface area (Å²) in [5.74, 6) is -0.00844. The Balaban J connectivity index is 2.48. The van der Waals surface area contributed by atoms with Crippen molar-refractivity contribution < 1.29 is 9.90 Å². The molecule has 5 nitrogen and oxygen atoms in total. The van der Waals surface area contributed by atoms with Crippen LogP contribution in [0.2, 0.25) is 0 Å². The average Bonchev–Trinajstić information content (AvgIpc) is 2.62. The van der Waals surface area contributed by atoms with Crippen LogP contribution >= 0.6 is 0 Å². The van der Waals surface area contributed by atoms with Crippen molar-refractivity contribution in [1.29, 1.82) is 0 Å². The van der Waals surface area contributed by atoms with Gasteiger partial charge < -0.3 is 20.6 Å². The molecule has 0 aromatic rings. The molecule has 0 aromatic carbocycles. The first-order chi connectivity index (χ1) is 8.22. The topological polar surface area (TPSA) is 64.6 Å². The number of nitrogens with one attached hydrogen (secondary N) is 2. The van der Waals surface area contributed by atoms with Gasteiger partial charge in [0.25, 0.3) is 0 Å². The Morgan fingerprint density at radius 1 is 1.56 bits per heavy atom. The van der Waals surface area contributed by atoms with Gasteiger partial charge in [-0.15, -0.1) is 0 Å². The van der Waals surface area contributed by atoms with Gasteiger partial charge in [0.1, 0.15) is 0 Å². The van der Waals surface area contributed by atoms with Crippen LogP contribution in [0.5, 0.6) is 0 Å². The van der Waals surface area contributed by atoms with Crippen LogP contribution in [0.1, 0.15) is 27.2 Å². The van der Waals surface area contributed by atoms with Crippen molar-refractivity contribution >= 4 is 5.91 Å². The van der Waals surface area contributed by atoms with Gasteiger partial charge in [0, 0.05) is 19.1 Å². The summed E-state index contributed by atoms with van der Waals surface area (Å²) in [4.78, 5) is 14.2. The summed E-state index contributed by atoms with van der Waals surface area (Å²) in [6.07, 6.45) is 0.109. The van der Waals surface area contributed by atoms with Gasteiger partial charge >= 0.3 is 0 Å². The number of carbonyl (C=O) groups is 1. The third kappa shape index (κ3) is 4.23. The van der Waals surface area contributed by atoms with Gasteiger partial charge in [-0.3, -0.25) is 4.79 Å². The van der Waals surface area contributed by atoms with Crippen molar-refractivity contribution in [3.63, 3.8) is 0 Å². The lowest BCUT2D eigenvalue weighted by Crippen LogP contribution is -2.51. The van der Waals surface area contributed by atoms with Crippen LogP contribution in [0.4, 0.5) is 0 Å². The quantitative estimate of drug-likeness (QED) is 0.638. The molecule has 1 saturated heterocycles. The molecular weight excluding hydrogens is 230 g/mol. The first kappa shape index (κ1) is 15.4.